The molecule has 1 aliphatic rings. The topological polar surface area (TPSA) is 68.4 Å². The van der Waals surface area contributed by atoms with Gasteiger partial charge in [0, 0.05) is 30.4 Å². The van der Waals surface area contributed by atoms with E-state index in [1.807, 2.05) is 30.3 Å². The van der Waals surface area contributed by atoms with Gasteiger partial charge in [-0.15, -0.1) is 0 Å². The lowest BCUT2D eigenvalue weighted by atomic mass is 10.1. The number of hydrogen-bond acceptors (Lipinski definition) is 6. The van der Waals surface area contributed by atoms with Crippen molar-refractivity contribution in [3.63, 3.8) is 0 Å². The predicted molar refractivity (Wildman–Crippen MR) is 111 cm³/mol. The molecular formula is C21H19ClN6O. The molecule has 0 aliphatic carbocycles. The zero-order valence-electron chi connectivity index (χ0n) is 15.6. The van der Waals surface area contributed by atoms with E-state index in [0.29, 0.717) is 16.7 Å². The molecule has 0 spiro atoms. The zero-order valence-corrected chi connectivity index (χ0v) is 16.4. The Morgan fingerprint density at radius 3 is 2.79 bits per heavy atom. The van der Waals surface area contributed by atoms with Crippen LogP contribution in [0.5, 0.6) is 5.88 Å². The first-order valence-corrected chi connectivity index (χ1v) is 9.93. The zero-order chi connectivity index (χ0) is 19.6. The first-order chi connectivity index (χ1) is 14.3. The fourth-order valence-electron chi connectivity index (χ4n) is 3.62. The van der Waals surface area contributed by atoms with Crippen molar-refractivity contribution in [3.05, 3.63) is 66.1 Å². The summed E-state index contributed by atoms with van der Waals surface area (Å²) < 4.78 is 7.89. The molecule has 7 nitrogen and oxygen atoms in total. The summed E-state index contributed by atoms with van der Waals surface area (Å²) in [6, 6.07) is 15.8. The fourth-order valence-corrected chi connectivity index (χ4v) is 3.74. The Morgan fingerprint density at radius 2 is 1.97 bits per heavy atom. The first-order valence-electron chi connectivity index (χ1n) is 9.55. The van der Waals surface area contributed by atoms with Gasteiger partial charge in [-0.25, -0.2) is 9.97 Å². The fraction of sp³-hybridized carbons (Fsp3) is 0.238. The molecule has 1 aliphatic heterocycles. The lowest BCUT2D eigenvalue weighted by Gasteiger charge is -2.34. The van der Waals surface area contributed by atoms with E-state index in [1.54, 1.807) is 22.8 Å². The molecule has 8 heteroatoms. The van der Waals surface area contributed by atoms with Crippen LogP contribution in [-0.2, 0) is 0 Å². The number of anilines is 1. The van der Waals surface area contributed by atoms with Crippen LogP contribution in [0.4, 0.5) is 5.82 Å². The highest BCUT2D eigenvalue weighted by atomic mass is 35.5. The van der Waals surface area contributed by atoms with Crippen LogP contribution in [0.2, 0.25) is 5.02 Å². The molecule has 0 radical (unpaired) electrons. The maximum absolute atomic E-state index is 6.10. The molecule has 0 amide bonds. The molecule has 0 N–H and O–H groups in total. The summed E-state index contributed by atoms with van der Waals surface area (Å²) in [6.45, 7) is 1.65. The quantitative estimate of drug-likeness (QED) is 0.512. The van der Waals surface area contributed by atoms with E-state index < -0.39 is 0 Å². The molecule has 1 aromatic carbocycles. The number of rotatable bonds is 4. The van der Waals surface area contributed by atoms with Crippen LogP contribution < -0.4 is 9.64 Å². The Labute approximate surface area is 173 Å². The first kappa shape index (κ1) is 17.9. The van der Waals surface area contributed by atoms with Crippen molar-refractivity contribution in [1.82, 2.24) is 24.6 Å². The van der Waals surface area contributed by atoms with E-state index in [0.717, 1.165) is 43.0 Å². The van der Waals surface area contributed by atoms with E-state index in [9.17, 15) is 0 Å². The second-order valence-electron chi connectivity index (χ2n) is 6.98. The normalized spacial score (nSPS) is 16.9. The standard InChI is InChI=1S/C21H19ClN6O/c22-16-8-9-19(23-12-16)29-17-7-4-10-27(13-17)20-11-18(15-5-2-1-3-6-15)26-21-24-14-25-28(20)21/h1-3,5-6,8-9,11-12,14,17H,4,7,10,13H2. The summed E-state index contributed by atoms with van der Waals surface area (Å²) in [5.41, 5.74) is 1.93. The van der Waals surface area contributed by atoms with E-state index in [2.05, 4.69) is 31.0 Å². The minimum Gasteiger partial charge on any atom is -0.472 e. The second kappa shape index (κ2) is 7.67. The highest BCUT2D eigenvalue weighted by Crippen LogP contribution is 2.27. The molecule has 1 atom stereocenters. The summed E-state index contributed by atoms with van der Waals surface area (Å²) in [6.07, 6.45) is 5.15. The summed E-state index contributed by atoms with van der Waals surface area (Å²) in [4.78, 5) is 15.5. The third-order valence-corrected chi connectivity index (χ3v) is 5.22. The van der Waals surface area contributed by atoms with Crippen molar-refractivity contribution in [2.24, 2.45) is 0 Å². The number of halogens is 1. The van der Waals surface area contributed by atoms with Crippen LogP contribution >= 0.6 is 11.6 Å². The maximum atomic E-state index is 6.10. The number of benzene rings is 1. The van der Waals surface area contributed by atoms with E-state index in [4.69, 9.17) is 16.3 Å². The van der Waals surface area contributed by atoms with E-state index in [-0.39, 0.29) is 6.10 Å². The Morgan fingerprint density at radius 1 is 1.07 bits per heavy atom. The van der Waals surface area contributed by atoms with Crippen LogP contribution in [-0.4, -0.2) is 43.8 Å². The van der Waals surface area contributed by atoms with Gasteiger partial charge in [-0.3, -0.25) is 0 Å². The Kier molecular flexibility index (Phi) is 4.73. The highest BCUT2D eigenvalue weighted by molar-refractivity contribution is 6.30. The molecule has 4 aromatic rings. The van der Waals surface area contributed by atoms with Gasteiger partial charge in [0.2, 0.25) is 5.88 Å². The van der Waals surface area contributed by atoms with Gasteiger partial charge in [-0.05, 0) is 18.9 Å². The monoisotopic (exact) mass is 406 g/mol. The molecule has 5 rings (SSSR count). The van der Waals surface area contributed by atoms with Crippen LogP contribution in [0.15, 0.2) is 61.1 Å². The molecule has 1 saturated heterocycles. The third kappa shape index (κ3) is 3.73. The van der Waals surface area contributed by atoms with Gasteiger partial charge in [0.1, 0.15) is 18.2 Å². The van der Waals surface area contributed by atoms with Gasteiger partial charge < -0.3 is 9.64 Å². The SMILES string of the molecule is Clc1ccc(OC2CCCN(c3cc(-c4ccccc4)nc4ncnn34)C2)nc1. The molecule has 1 unspecified atom stereocenters. The Hall–Kier alpha value is -3.19. The average Bonchev–Trinajstić information content (AvgIpc) is 3.24. The summed E-state index contributed by atoms with van der Waals surface area (Å²) in [5, 5.41) is 4.98. The molecule has 29 heavy (non-hydrogen) atoms. The van der Waals surface area contributed by atoms with Gasteiger partial charge in [0.25, 0.3) is 5.78 Å². The van der Waals surface area contributed by atoms with E-state index >= 15 is 0 Å². The molecule has 1 fully saturated rings. The van der Waals surface area contributed by atoms with Crippen molar-refractivity contribution in [2.45, 2.75) is 18.9 Å². The van der Waals surface area contributed by atoms with Gasteiger partial charge in [0.15, 0.2) is 0 Å². The largest absolute Gasteiger partial charge is 0.472 e. The van der Waals surface area contributed by atoms with Crippen molar-refractivity contribution < 1.29 is 4.74 Å². The number of hydrogen-bond donors (Lipinski definition) is 0. The average molecular weight is 407 g/mol. The molecule has 4 heterocycles. The van der Waals surface area contributed by atoms with Gasteiger partial charge >= 0.3 is 0 Å². The Bertz CT molecular complexity index is 1120. The summed E-state index contributed by atoms with van der Waals surface area (Å²) >= 11 is 5.92. The van der Waals surface area contributed by atoms with Crippen LogP contribution in [0.3, 0.4) is 0 Å². The number of fused-ring (bicyclic) bond motifs is 1. The molecule has 0 saturated carbocycles. The van der Waals surface area contributed by atoms with Crippen molar-refractivity contribution in [3.8, 4) is 17.1 Å². The molecule has 146 valence electrons. The lowest BCUT2D eigenvalue weighted by Crippen LogP contribution is -2.42. The van der Waals surface area contributed by atoms with Gasteiger partial charge in [-0.2, -0.15) is 14.6 Å². The van der Waals surface area contributed by atoms with Gasteiger partial charge in [0.05, 0.1) is 17.3 Å². The third-order valence-electron chi connectivity index (χ3n) is 4.99. The smallest absolute Gasteiger partial charge is 0.254 e. The molecule has 0 bridgehead atoms. The molecular weight excluding hydrogens is 388 g/mol. The highest BCUT2D eigenvalue weighted by Gasteiger charge is 2.25. The number of ether oxygens (including phenoxy) is 1. The van der Waals surface area contributed by atoms with Crippen LogP contribution in [0.25, 0.3) is 17.0 Å². The predicted octanol–water partition coefficient (Wildman–Crippen LogP) is 3.89. The van der Waals surface area contributed by atoms with Gasteiger partial charge in [-0.1, -0.05) is 41.9 Å². The Balaban J connectivity index is 1.45. The maximum Gasteiger partial charge on any atom is 0.254 e. The second-order valence-corrected chi connectivity index (χ2v) is 7.42. The summed E-state index contributed by atoms with van der Waals surface area (Å²) in [5.74, 6) is 2.14. The minimum atomic E-state index is 0.0318. The number of aromatic nitrogens is 5. The van der Waals surface area contributed by atoms with Crippen molar-refractivity contribution in [2.75, 3.05) is 18.0 Å². The van der Waals surface area contributed by atoms with Crippen LogP contribution in [0, 0.1) is 0 Å². The van der Waals surface area contributed by atoms with Crippen LogP contribution in [0.1, 0.15) is 12.8 Å². The van der Waals surface area contributed by atoms with Crippen molar-refractivity contribution >= 4 is 23.2 Å². The summed E-state index contributed by atoms with van der Waals surface area (Å²) in [7, 11) is 0. The minimum absolute atomic E-state index is 0.0318. The number of nitrogens with zero attached hydrogens (tertiary/aromatic N) is 6. The van der Waals surface area contributed by atoms with Crippen molar-refractivity contribution in [1.29, 1.82) is 0 Å². The molecule has 3 aromatic heterocycles. The lowest BCUT2D eigenvalue weighted by molar-refractivity contribution is 0.172. The number of piperidine rings is 1. The van der Waals surface area contributed by atoms with E-state index in [1.165, 1.54) is 6.33 Å². The number of pyridine rings is 1.